The van der Waals surface area contributed by atoms with Gasteiger partial charge in [-0.05, 0) is 59.2 Å². The van der Waals surface area contributed by atoms with E-state index in [4.69, 9.17) is 15.2 Å². The number of ether oxygens (including phenoxy) is 2. The van der Waals surface area contributed by atoms with Crippen molar-refractivity contribution in [2.24, 2.45) is 5.10 Å². The molecular weight excluding hydrogens is 428 g/mol. The number of anilines is 1. The highest BCUT2D eigenvalue weighted by atomic mass is 16.6. The molecule has 0 saturated carbocycles. The number of hydrazone groups is 1. The summed E-state index contributed by atoms with van der Waals surface area (Å²) in [6.07, 6.45) is 1.49. The van der Waals surface area contributed by atoms with Crippen LogP contribution in [0.4, 0.5) is 5.82 Å². The van der Waals surface area contributed by atoms with E-state index in [1.165, 1.54) is 10.9 Å². The summed E-state index contributed by atoms with van der Waals surface area (Å²) in [4.78, 5) is 12.9. The van der Waals surface area contributed by atoms with E-state index in [-0.39, 0.29) is 17.3 Å². The molecule has 33 heavy (non-hydrogen) atoms. The van der Waals surface area contributed by atoms with Crippen LogP contribution < -0.4 is 20.6 Å². The summed E-state index contributed by atoms with van der Waals surface area (Å²) < 4.78 is 16.6. The molecule has 12 heteroatoms. The molecule has 168 valence electrons. The van der Waals surface area contributed by atoms with Crippen molar-refractivity contribution in [3.8, 4) is 28.6 Å². The minimum atomic E-state index is -0.584. The number of carbonyl (C=O) groups is 1. The molecule has 4 rings (SSSR count). The third-order valence-electron chi connectivity index (χ3n) is 4.49. The Morgan fingerprint density at radius 2 is 2.03 bits per heavy atom. The number of methoxy groups -OCH3 is 1. The minimum absolute atomic E-state index is 0.00403. The molecule has 0 atom stereocenters. The number of nitrogens with zero attached hydrogens (tertiary/aromatic N) is 6. The first-order chi connectivity index (χ1) is 16.1. The highest BCUT2D eigenvalue weighted by Gasteiger charge is 2.25. The van der Waals surface area contributed by atoms with Crippen LogP contribution in [0.25, 0.3) is 17.1 Å². The van der Waals surface area contributed by atoms with Crippen molar-refractivity contribution >= 4 is 17.9 Å². The average Bonchev–Trinajstić information content (AvgIpc) is 3.46. The molecule has 0 fully saturated rings. The molecular formula is C21H20N8O4. The Morgan fingerprint density at radius 3 is 2.73 bits per heavy atom. The number of aromatic nitrogens is 5. The van der Waals surface area contributed by atoms with Gasteiger partial charge in [0.15, 0.2) is 5.69 Å². The summed E-state index contributed by atoms with van der Waals surface area (Å²) in [7, 11) is 1.57. The van der Waals surface area contributed by atoms with Crippen LogP contribution in [0.3, 0.4) is 0 Å². The molecule has 12 nitrogen and oxygen atoms in total. The number of nitrogens with one attached hydrogen (secondary N) is 1. The highest BCUT2D eigenvalue weighted by molar-refractivity contribution is 5.98. The van der Waals surface area contributed by atoms with Crippen LogP contribution in [0.15, 0.2) is 58.3 Å². The van der Waals surface area contributed by atoms with E-state index in [2.05, 4.69) is 35.8 Å². The number of benzene rings is 2. The molecule has 0 radical (unpaired) electrons. The van der Waals surface area contributed by atoms with Crippen LogP contribution in [0.5, 0.6) is 11.5 Å². The van der Waals surface area contributed by atoms with Gasteiger partial charge in [-0.3, -0.25) is 4.79 Å². The van der Waals surface area contributed by atoms with E-state index in [1.807, 2.05) is 25.1 Å². The molecule has 2 heterocycles. The lowest BCUT2D eigenvalue weighted by atomic mass is 10.1. The van der Waals surface area contributed by atoms with Crippen molar-refractivity contribution in [1.82, 2.24) is 30.7 Å². The van der Waals surface area contributed by atoms with E-state index in [0.717, 1.165) is 5.56 Å². The van der Waals surface area contributed by atoms with Crippen LogP contribution in [0.2, 0.25) is 0 Å². The van der Waals surface area contributed by atoms with Gasteiger partial charge in [0.25, 0.3) is 5.91 Å². The second kappa shape index (κ2) is 9.60. The fourth-order valence-corrected chi connectivity index (χ4v) is 3.00. The number of nitrogens with two attached hydrogens (primary N) is 1. The Kier molecular flexibility index (Phi) is 6.25. The molecule has 0 aliphatic carbocycles. The fraction of sp³-hybridized carbons (Fsp3) is 0.143. The maximum absolute atomic E-state index is 12.9. The van der Waals surface area contributed by atoms with Gasteiger partial charge >= 0.3 is 0 Å². The Hall–Kier alpha value is -4.74. The predicted molar refractivity (Wildman–Crippen MR) is 118 cm³/mol. The van der Waals surface area contributed by atoms with Crippen LogP contribution in [0.1, 0.15) is 23.0 Å². The fourth-order valence-electron chi connectivity index (χ4n) is 3.00. The number of nitrogen functional groups attached to an aromatic ring is 1. The van der Waals surface area contributed by atoms with Crippen molar-refractivity contribution in [1.29, 1.82) is 0 Å². The van der Waals surface area contributed by atoms with E-state index >= 15 is 0 Å². The maximum Gasteiger partial charge on any atom is 0.294 e. The van der Waals surface area contributed by atoms with Crippen LogP contribution >= 0.6 is 0 Å². The summed E-state index contributed by atoms with van der Waals surface area (Å²) in [5.41, 5.74) is 9.98. The second-order valence-electron chi connectivity index (χ2n) is 6.60. The molecule has 4 aromatic rings. The quantitative estimate of drug-likeness (QED) is 0.304. The van der Waals surface area contributed by atoms with Crippen LogP contribution in [0, 0.1) is 0 Å². The summed E-state index contributed by atoms with van der Waals surface area (Å²) in [5, 5.41) is 19.4. The number of hydrogen-bond donors (Lipinski definition) is 2. The SMILES string of the molecule is CCOc1ccc(-c2c(C(=O)NN=Cc3cccc(OC)c3)nnn2-c2nonc2N)cc1. The van der Waals surface area contributed by atoms with Gasteiger partial charge in [-0.2, -0.15) is 9.78 Å². The zero-order valence-corrected chi connectivity index (χ0v) is 17.8. The summed E-state index contributed by atoms with van der Waals surface area (Å²) in [5.74, 6) is 0.862. The van der Waals surface area contributed by atoms with Crippen molar-refractivity contribution in [3.63, 3.8) is 0 Å². The maximum atomic E-state index is 12.9. The molecule has 2 aromatic heterocycles. The van der Waals surface area contributed by atoms with Gasteiger partial charge in [0.1, 0.15) is 17.2 Å². The van der Waals surface area contributed by atoms with E-state index in [9.17, 15) is 4.79 Å². The van der Waals surface area contributed by atoms with Crippen molar-refractivity contribution in [2.75, 3.05) is 19.5 Å². The van der Waals surface area contributed by atoms with Gasteiger partial charge in [-0.25, -0.2) is 10.1 Å². The molecule has 3 N–H and O–H groups in total. The van der Waals surface area contributed by atoms with Gasteiger partial charge in [0.2, 0.25) is 11.6 Å². The molecule has 0 bridgehead atoms. The lowest BCUT2D eigenvalue weighted by Gasteiger charge is -2.07. The van der Waals surface area contributed by atoms with E-state index in [1.54, 1.807) is 37.4 Å². The van der Waals surface area contributed by atoms with Crippen molar-refractivity contribution < 1.29 is 18.9 Å². The monoisotopic (exact) mass is 448 g/mol. The van der Waals surface area contributed by atoms with Gasteiger partial charge < -0.3 is 15.2 Å². The van der Waals surface area contributed by atoms with Gasteiger partial charge in [0, 0.05) is 5.56 Å². The molecule has 0 aliphatic heterocycles. The first-order valence-corrected chi connectivity index (χ1v) is 9.85. The van der Waals surface area contributed by atoms with Crippen LogP contribution in [-0.4, -0.2) is 51.1 Å². The number of carbonyl (C=O) groups excluding carboxylic acids is 1. The lowest BCUT2D eigenvalue weighted by Crippen LogP contribution is -2.19. The average molecular weight is 448 g/mol. The van der Waals surface area contributed by atoms with E-state index < -0.39 is 5.91 Å². The normalized spacial score (nSPS) is 11.0. The standard InChI is InChI=1S/C21H20N8O4/c1-3-32-15-9-7-14(8-10-15)18-17(24-28-29(18)20-19(22)26-33-27-20)21(30)25-23-12-13-5-4-6-16(11-13)31-2/h4-12H,3H2,1-2H3,(H2,22,26)(H,25,30). The summed E-state index contributed by atoms with van der Waals surface area (Å²) in [6, 6.07) is 14.3. The van der Waals surface area contributed by atoms with Crippen molar-refractivity contribution in [2.45, 2.75) is 6.92 Å². The first-order valence-electron chi connectivity index (χ1n) is 9.85. The number of amides is 1. The predicted octanol–water partition coefficient (Wildman–Crippen LogP) is 2.07. The molecule has 1 amide bonds. The Bertz CT molecular complexity index is 1280. The third-order valence-corrected chi connectivity index (χ3v) is 4.49. The first kappa shape index (κ1) is 21.5. The van der Waals surface area contributed by atoms with Crippen LogP contribution in [-0.2, 0) is 0 Å². The van der Waals surface area contributed by atoms with Gasteiger partial charge in [-0.15, -0.1) is 5.10 Å². The summed E-state index contributed by atoms with van der Waals surface area (Å²) in [6.45, 7) is 2.42. The Balaban J connectivity index is 1.66. The number of rotatable bonds is 8. The molecule has 0 saturated heterocycles. The zero-order valence-electron chi connectivity index (χ0n) is 17.8. The lowest BCUT2D eigenvalue weighted by molar-refractivity contribution is 0.0950. The zero-order chi connectivity index (χ0) is 23.2. The smallest absolute Gasteiger partial charge is 0.294 e. The number of hydrogen-bond acceptors (Lipinski definition) is 10. The minimum Gasteiger partial charge on any atom is -0.497 e. The second-order valence-corrected chi connectivity index (χ2v) is 6.60. The molecule has 0 spiro atoms. The molecule has 0 unspecified atom stereocenters. The molecule has 0 aliphatic rings. The van der Waals surface area contributed by atoms with Gasteiger partial charge in [0.05, 0.1) is 19.9 Å². The molecule has 2 aromatic carbocycles. The van der Waals surface area contributed by atoms with E-state index in [0.29, 0.717) is 29.4 Å². The highest BCUT2D eigenvalue weighted by Crippen LogP contribution is 2.28. The Morgan fingerprint density at radius 1 is 1.21 bits per heavy atom. The third kappa shape index (κ3) is 4.63. The largest absolute Gasteiger partial charge is 0.497 e. The topological polar surface area (TPSA) is 156 Å². The van der Waals surface area contributed by atoms with Crippen molar-refractivity contribution in [3.05, 3.63) is 59.8 Å². The summed E-state index contributed by atoms with van der Waals surface area (Å²) >= 11 is 0. The Labute approximate surface area is 188 Å². The van der Waals surface area contributed by atoms with Gasteiger partial charge in [-0.1, -0.05) is 17.3 Å².